The fourth-order valence-electron chi connectivity index (χ4n) is 3.39. The Labute approximate surface area is 146 Å². The van der Waals surface area contributed by atoms with Crippen LogP contribution in [-0.4, -0.2) is 25.0 Å². The number of hydrogen-bond acceptors (Lipinski definition) is 4. The van der Waals surface area contributed by atoms with Gasteiger partial charge in [0.05, 0.1) is 5.39 Å². The molecule has 0 bridgehead atoms. The maximum atomic E-state index is 12.8. The van der Waals surface area contributed by atoms with Gasteiger partial charge in [0.1, 0.15) is 17.4 Å². The minimum absolute atomic E-state index is 0.0953. The van der Waals surface area contributed by atoms with Crippen LogP contribution in [0.3, 0.4) is 0 Å². The van der Waals surface area contributed by atoms with E-state index < -0.39 is 0 Å². The molecule has 0 spiro atoms. The van der Waals surface area contributed by atoms with E-state index in [-0.39, 0.29) is 11.9 Å². The average molecular weight is 335 g/mol. The van der Waals surface area contributed by atoms with Gasteiger partial charge < -0.3 is 14.5 Å². The Kier molecular flexibility index (Phi) is 4.28. The van der Waals surface area contributed by atoms with Crippen LogP contribution in [0.15, 0.2) is 52.9 Å². The van der Waals surface area contributed by atoms with E-state index in [0.717, 1.165) is 42.6 Å². The molecule has 2 heterocycles. The summed E-state index contributed by atoms with van der Waals surface area (Å²) in [5.41, 5.74) is 2.17. The van der Waals surface area contributed by atoms with Crippen molar-refractivity contribution in [3.05, 3.63) is 65.4 Å². The Bertz CT molecular complexity index is 892. The molecule has 2 aromatic carbocycles. The molecule has 0 saturated carbocycles. The number of fused-ring (bicyclic) bond motifs is 1. The first-order valence-electron chi connectivity index (χ1n) is 8.73. The van der Waals surface area contributed by atoms with Crippen molar-refractivity contribution in [2.45, 2.75) is 25.9 Å². The van der Waals surface area contributed by atoms with E-state index in [1.807, 2.05) is 43.3 Å². The summed E-state index contributed by atoms with van der Waals surface area (Å²) in [6.07, 6.45) is 2.18. The van der Waals surface area contributed by atoms with Crippen LogP contribution in [0.1, 0.15) is 34.5 Å². The molecule has 0 unspecified atom stereocenters. The Morgan fingerprint density at radius 3 is 2.60 bits per heavy atom. The molecule has 1 N–H and O–H groups in total. The molecule has 0 radical (unpaired) electrons. The van der Waals surface area contributed by atoms with Crippen LogP contribution in [0.2, 0.25) is 0 Å². The van der Waals surface area contributed by atoms with E-state index >= 15 is 0 Å². The summed E-state index contributed by atoms with van der Waals surface area (Å²) in [6.45, 7) is 3.88. The van der Waals surface area contributed by atoms with Gasteiger partial charge >= 0.3 is 0 Å². The van der Waals surface area contributed by atoms with E-state index in [2.05, 4.69) is 5.32 Å². The molecule has 1 aromatic heterocycles. The molecular weight excluding hydrogens is 314 g/mol. The highest BCUT2D eigenvalue weighted by atomic mass is 16.5. The molecule has 3 aromatic rings. The third-order valence-corrected chi connectivity index (χ3v) is 4.74. The molecule has 4 nitrogen and oxygen atoms in total. The van der Waals surface area contributed by atoms with Crippen molar-refractivity contribution in [1.82, 2.24) is 5.32 Å². The first-order valence-corrected chi connectivity index (χ1v) is 8.73. The maximum absolute atomic E-state index is 12.8. The number of carbonyl (C=O) groups excluding carboxylic acids is 1. The van der Waals surface area contributed by atoms with Crippen LogP contribution < -0.4 is 10.1 Å². The quantitative estimate of drug-likeness (QED) is 0.729. The lowest BCUT2D eigenvalue weighted by Gasteiger charge is -2.24. The van der Waals surface area contributed by atoms with Gasteiger partial charge in [-0.15, -0.1) is 0 Å². The maximum Gasteiger partial charge on any atom is 0.228 e. The van der Waals surface area contributed by atoms with Gasteiger partial charge in [0.15, 0.2) is 5.76 Å². The average Bonchev–Trinajstić information content (AvgIpc) is 3.00. The second-order valence-electron chi connectivity index (χ2n) is 6.45. The van der Waals surface area contributed by atoms with Gasteiger partial charge in [-0.25, -0.2) is 0 Å². The Morgan fingerprint density at radius 1 is 1.08 bits per heavy atom. The van der Waals surface area contributed by atoms with Crippen molar-refractivity contribution < 1.29 is 13.9 Å². The van der Waals surface area contributed by atoms with E-state index in [1.54, 1.807) is 12.1 Å². The van der Waals surface area contributed by atoms with Crippen molar-refractivity contribution in [3.8, 4) is 5.75 Å². The summed E-state index contributed by atoms with van der Waals surface area (Å²) in [6, 6.07) is 15.0. The number of nitrogens with one attached hydrogen (secondary N) is 1. The molecule has 0 amide bonds. The Morgan fingerprint density at radius 2 is 1.84 bits per heavy atom. The Hall–Kier alpha value is -2.59. The molecule has 0 aliphatic carbocycles. The van der Waals surface area contributed by atoms with E-state index in [1.165, 1.54) is 0 Å². The predicted octanol–water partition coefficient (Wildman–Crippen LogP) is 4.10. The molecule has 1 saturated heterocycles. The largest absolute Gasteiger partial charge is 0.490 e. The normalized spacial score (nSPS) is 15.4. The highest BCUT2D eigenvalue weighted by molar-refractivity contribution is 6.11. The van der Waals surface area contributed by atoms with Crippen LogP contribution in [0.5, 0.6) is 5.75 Å². The topological polar surface area (TPSA) is 51.5 Å². The first-order chi connectivity index (χ1) is 12.2. The fourth-order valence-corrected chi connectivity index (χ4v) is 3.39. The van der Waals surface area contributed by atoms with Gasteiger partial charge in [-0.1, -0.05) is 36.4 Å². The number of rotatable bonds is 4. The lowest BCUT2D eigenvalue weighted by molar-refractivity contribution is 0.101. The zero-order chi connectivity index (χ0) is 17.2. The standard InChI is InChI=1S/C21H21NO3/c1-14-19-17(24-16-10-12-22-13-11-16)8-5-9-18(19)25-21(14)20(23)15-6-3-2-4-7-15/h2-9,16,22H,10-13H2,1H3. The second kappa shape index (κ2) is 6.73. The summed E-state index contributed by atoms with van der Waals surface area (Å²) in [5.74, 6) is 1.10. The number of aryl methyl sites for hydroxylation is 1. The van der Waals surface area contributed by atoms with E-state index in [9.17, 15) is 4.79 Å². The van der Waals surface area contributed by atoms with Crippen LogP contribution in [0, 0.1) is 6.92 Å². The second-order valence-corrected chi connectivity index (χ2v) is 6.45. The number of ketones is 1. The molecule has 25 heavy (non-hydrogen) atoms. The number of furan rings is 1. The van der Waals surface area contributed by atoms with Crippen LogP contribution in [0.25, 0.3) is 11.0 Å². The number of piperidine rings is 1. The lowest BCUT2D eigenvalue weighted by Crippen LogP contribution is -2.34. The highest BCUT2D eigenvalue weighted by Gasteiger charge is 2.23. The number of carbonyl (C=O) groups is 1. The SMILES string of the molecule is Cc1c(C(=O)c2ccccc2)oc2cccc(OC3CCNCC3)c12. The smallest absolute Gasteiger partial charge is 0.228 e. The molecule has 1 fully saturated rings. The minimum Gasteiger partial charge on any atom is -0.490 e. The van der Waals surface area contributed by atoms with Gasteiger partial charge in [-0.3, -0.25) is 4.79 Å². The van der Waals surface area contributed by atoms with Crippen LogP contribution in [0.4, 0.5) is 0 Å². The third kappa shape index (κ3) is 3.05. The molecule has 4 heteroatoms. The fraction of sp³-hybridized carbons (Fsp3) is 0.286. The third-order valence-electron chi connectivity index (χ3n) is 4.74. The molecule has 0 atom stereocenters. The van der Waals surface area contributed by atoms with Gasteiger partial charge in [-0.05, 0) is 45.0 Å². The molecular formula is C21H21NO3. The number of benzene rings is 2. The molecule has 4 rings (SSSR count). The van der Waals surface area contributed by atoms with E-state index in [4.69, 9.17) is 9.15 Å². The van der Waals surface area contributed by atoms with Gasteiger partial charge in [-0.2, -0.15) is 0 Å². The minimum atomic E-state index is -0.0953. The monoisotopic (exact) mass is 335 g/mol. The number of ether oxygens (including phenoxy) is 1. The van der Waals surface area contributed by atoms with Crippen molar-refractivity contribution in [3.63, 3.8) is 0 Å². The summed E-state index contributed by atoms with van der Waals surface area (Å²) in [5, 5.41) is 4.25. The van der Waals surface area contributed by atoms with Gasteiger partial charge in [0.25, 0.3) is 0 Å². The van der Waals surface area contributed by atoms with Crippen molar-refractivity contribution in [2.75, 3.05) is 13.1 Å². The van der Waals surface area contributed by atoms with Crippen LogP contribution in [-0.2, 0) is 0 Å². The zero-order valence-corrected chi connectivity index (χ0v) is 14.2. The van der Waals surface area contributed by atoms with E-state index in [0.29, 0.717) is 16.9 Å². The molecule has 1 aliphatic rings. The number of hydrogen-bond donors (Lipinski definition) is 1. The van der Waals surface area contributed by atoms with Crippen molar-refractivity contribution in [2.24, 2.45) is 0 Å². The molecule has 1 aliphatic heterocycles. The highest BCUT2D eigenvalue weighted by Crippen LogP contribution is 2.35. The van der Waals surface area contributed by atoms with Crippen LogP contribution >= 0.6 is 0 Å². The van der Waals surface area contributed by atoms with Crippen molar-refractivity contribution in [1.29, 1.82) is 0 Å². The first kappa shape index (κ1) is 15.9. The van der Waals surface area contributed by atoms with Crippen molar-refractivity contribution >= 4 is 16.8 Å². The summed E-state index contributed by atoms with van der Waals surface area (Å²) in [4.78, 5) is 12.8. The summed E-state index contributed by atoms with van der Waals surface area (Å²) >= 11 is 0. The molecule has 128 valence electrons. The predicted molar refractivity (Wildman–Crippen MR) is 97.3 cm³/mol. The zero-order valence-electron chi connectivity index (χ0n) is 14.2. The summed E-state index contributed by atoms with van der Waals surface area (Å²) < 4.78 is 12.1. The van der Waals surface area contributed by atoms with Gasteiger partial charge in [0.2, 0.25) is 5.78 Å². The Balaban J connectivity index is 1.72. The summed E-state index contributed by atoms with van der Waals surface area (Å²) in [7, 11) is 0. The van der Waals surface area contributed by atoms with Gasteiger partial charge in [0, 0.05) is 11.1 Å². The lowest BCUT2D eigenvalue weighted by atomic mass is 10.0.